The van der Waals surface area contributed by atoms with E-state index in [-0.39, 0.29) is 11.5 Å². The summed E-state index contributed by atoms with van der Waals surface area (Å²) in [7, 11) is -2.81. The Hall–Kier alpha value is -1.07. The summed E-state index contributed by atoms with van der Waals surface area (Å²) in [6.07, 6.45) is 0. The summed E-state index contributed by atoms with van der Waals surface area (Å²) in [5, 5.41) is 3.32. The average molecular weight is 268 g/mol. The summed E-state index contributed by atoms with van der Waals surface area (Å²) in [5.41, 5.74) is 2.40. The quantitative estimate of drug-likeness (QED) is 0.886. The molecule has 2 rings (SSSR count). The topological polar surface area (TPSA) is 49.4 Å². The predicted octanol–water partition coefficient (Wildman–Crippen LogP) is 1.03. The molecule has 0 spiro atoms. The van der Waals surface area contributed by atoms with Gasteiger partial charge in [0.1, 0.15) is 0 Å². The molecule has 4 nitrogen and oxygen atoms in total. The number of benzene rings is 1. The molecule has 100 valence electrons. The highest BCUT2D eigenvalue weighted by atomic mass is 32.2. The van der Waals surface area contributed by atoms with E-state index in [2.05, 4.69) is 29.3 Å². The van der Waals surface area contributed by atoms with Crippen LogP contribution in [0.15, 0.2) is 24.3 Å². The van der Waals surface area contributed by atoms with E-state index < -0.39 is 9.84 Å². The Balaban J connectivity index is 2.13. The molecule has 1 N–H and O–H groups in total. The van der Waals surface area contributed by atoms with Crippen LogP contribution in [0.3, 0.4) is 0 Å². The van der Waals surface area contributed by atoms with Crippen molar-refractivity contribution in [1.82, 2.24) is 5.32 Å². The fourth-order valence-electron chi connectivity index (χ4n) is 2.18. The molecule has 0 aromatic heterocycles. The number of anilines is 1. The third-order valence-electron chi connectivity index (χ3n) is 3.24. The van der Waals surface area contributed by atoms with Gasteiger partial charge >= 0.3 is 0 Å². The first-order valence-electron chi connectivity index (χ1n) is 6.36. The molecule has 1 fully saturated rings. The minimum Gasteiger partial charge on any atom is -0.369 e. The van der Waals surface area contributed by atoms with Gasteiger partial charge in [0.25, 0.3) is 0 Å². The van der Waals surface area contributed by atoms with Gasteiger partial charge in [-0.2, -0.15) is 0 Å². The maximum absolute atomic E-state index is 11.4. The molecule has 1 heterocycles. The van der Waals surface area contributed by atoms with Gasteiger partial charge in [-0.1, -0.05) is 25.1 Å². The summed E-state index contributed by atoms with van der Waals surface area (Å²) in [6.45, 7) is 5.05. The maximum atomic E-state index is 11.4. The second-order valence-corrected chi connectivity index (χ2v) is 6.85. The van der Waals surface area contributed by atoms with E-state index >= 15 is 0 Å². The molecule has 0 unspecified atom stereocenters. The maximum Gasteiger partial charge on any atom is 0.153 e. The van der Waals surface area contributed by atoms with Gasteiger partial charge in [-0.25, -0.2) is 8.42 Å². The van der Waals surface area contributed by atoms with E-state index in [1.165, 1.54) is 5.56 Å². The first-order chi connectivity index (χ1) is 8.62. The molecule has 1 aromatic carbocycles. The molecular formula is C13H20N2O2S. The van der Waals surface area contributed by atoms with E-state index in [1.54, 1.807) is 0 Å². The molecule has 5 heteroatoms. The predicted molar refractivity (Wildman–Crippen MR) is 74.7 cm³/mol. The van der Waals surface area contributed by atoms with Crippen LogP contribution in [0.2, 0.25) is 0 Å². The molecule has 18 heavy (non-hydrogen) atoms. The van der Waals surface area contributed by atoms with Crippen LogP contribution in [0.1, 0.15) is 12.5 Å². The van der Waals surface area contributed by atoms with Crippen molar-refractivity contribution in [2.45, 2.75) is 13.5 Å². The van der Waals surface area contributed by atoms with Crippen molar-refractivity contribution in [3.05, 3.63) is 29.8 Å². The smallest absolute Gasteiger partial charge is 0.153 e. The summed E-state index contributed by atoms with van der Waals surface area (Å²) in [6, 6.07) is 8.20. The van der Waals surface area contributed by atoms with Crippen molar-refractivity contribution in [3.8, 4) is 0 Å². The Morgan fingerprint density at radius 1 is 1.22 bits per heavy atom. The van der Waals surface area contributed by atoms with Gasteiger partial charge in [-0.05, 0) is 18.2 Å². The Bertz CT molecular complexity index is 485. The van der Waals surface area contributed by atoms with Gasteiger partial charge in [0, 0.05) is 25.3 Å². The van der Waals surface area contributed by atoms with Gasteiger partial charge < -0.3 is 10.2 Å². The molecule has 1 aliphatic rings. The highest BCUT2D eigenvalue weighted by Gasteiger charge is 2.22. The van der Waals surface area contributed by atoms with Crippen molar-refractivity contribution >= 4 is 15.5 Å². The van der Waals surface area contributed by atoms with E-state index in [9.17, 15) is 8.42 Å². The van der Waals surface area contributed by atoms with Gasteiger partial charge in [0.2, 0.25) is 0 Å². The number of nitrogens with one attached hydrogen (secondary N) is 1. The van der Waals surface area contributed by atoms with Crippen molar-refractivity contribution in [2.75, 3.05) is 36.0 Å². The lowest BCUT2D eigenvalue weighted by molar-refractivity contribution is 0.586. The third kappa shape index (κ3) is 3.23. The van der Waals surface area contributed by atoms with Crippen molar-refractivity contribution in [2.24, 2.45) is 0 Å². The van der Waals surface area contributed by atoms with Crippen LogP contribution in [-0.4, -0.2) is 39.6 Å². The third-order valence-corrected chi connectivity index (χ3v) is 4.85. The van der Waals surface area contributed by atoms with Crippen LogP contribution in [0, 0.1) is 0 Å². The van der Waals surface area contributed by atoms with Crippen molar-refractivity contribution in [3.63, 3.8) is 0 Å². The summed E-state index contributed by atoms with van der Waals surface area (Å²) >= 11 is 0. The second-order valence-electron chi connectivity index (χ2n) is 4.55. The van der Waals surface area contributed by atoms with Gasteiger partial charge in [-0.15, -0.1) is 0 Å². The molecule has 1 aromatic rings. The Morgan fingerprint density at radius 3 is 2.56 bits per heavy atom. The van der Waals surface area contributed by atoms with Crippen LogP contribution in [-0.2, 0) is 16.4 Å². The minimum atomic E-state index is -2.81. The van der Waals surface area contributed by atoms with E-state index in [1.807, 2.05) is 12.1 Å². The molecule has 0 radical (unpaired) electrons. The molecule has 1 saturated heterocycles. The molecule has 0 atom stereocenters. The zero-order valence-electron chi connectivity index (χ0n) is 10.7. The molecule has 0 aliphatic carbocycles. The number of para-hydroxylation sites is 1. The van der Waals surface area contributed by atoms with Gasteiger partial charge in [-0.3, -0.25) is 0 Å². The number of hydrogen-bond donors (Lipinski definition) is 1. The first-order valence-corrected chi connectivity index (χ1v) is 8.18. The minimum absolute atomic E-state index is 0.266. The largest absolute Gasteiger partial charge is 0.369 e. The van der Waals surface area contributed by atoms with E-state index in [0.717, 1.165) is 18.8 Å². The number of rotatable bonds is 4. The number of nitrogens with zero attached hydrogens (tertiary/aromatic N) is 1. The van der Waals surface area contributed by atoms with Crippen LogP contribution in [0.4, 0.5) is 5.69 Å². The fraction of sp³-hybridized carbons (Fsp3) is 0.538. The van der Waals surface area contributed by atoms with Gasteiger partial charge in [0.05, 0.1) is 11.5 Å². The monoisotopic (exact) mass is 268 g/mol. The average Bonchev–Trinajstić information content (AvgIpc) is 2.37. The molecule has 1 aliphatic heterocycles. The van der Waals surface area contributed by atoms with Crippen LogP contribution in [0.25, 0.3) is 0 Å². The Labute approximate surface area is 109 Å². The van der Waals surface area contributed by atoms with Crippen LogP contribution >= 0.6 is 0 Å². The second kappa shape index (κ2) is 5.71. The summed E-state index contributed by atoms with van der Waals surface area (Å²) < 4.78 is 22.9. The molecule has 0 saturated carbocycles. The lowest BCUT2D eigenvalue weighted by Gasteiger charge is -2.30. The van der Waals surface area contributed by atoms with Crippen molar-refractivity contribution in [1.29, 1.82) is 0 Å². The van der Waals surface area contributed by atoms with Crippen molar-refractivity contribution < 1.29 is 8.42 Å². The van der Waals surface area contributed by atoms with E-state index in [4.69, 9.17) is 0 Å². The lowest BCUT2D eigenvalue weighted by Crippen LogP contribution is -2.40. The Kier molecular flexibility index (Phi) is 4.24. The standard InChI is InChI=1S/C13H20N2O2S/c1-2-14-11-12-5-3-4-6-13(12)15-7-9-18(16,17)10-8-15/h3-6,14H,2,7-11H2,1H3. The molecule has 0 bridgehead atoms. The van der Waals surface area contributed by atoms with Gasteiger partial charge in [0.15, 0.2) is 9.84 Å². The van der Waals surface area contributed by atoms with E-state index in [0.29, 0.717) is 13.1 Å². The Morgan fingerprint density at radius 2 is 1.89 bits per heavy atom. The fourth-order valence-corrected chi connectivity index (χ4v) is 3.38. The van der Waals surface area contributed by atoms with Crippen LogP contribution in [0.5, 0.6) is 0 Å². The zero-order valence-corrected chi connectivity index (χ0v) is 11.5. The normalized spacial score (nSPS) is 18.8. The van der Waals surface area contributed by atoms with Crippen LogP contribution < -0.4 is 10.2 Å². The number of hydrogen-bond acceptors (Lipinski definition) is 4. The number of sulfone groups is 1. The zero-order chi connectivity index (χ0) is 13.0. The highest BCUT2D eigenvalue weighted by molar-refractivity contribution is 7.91. The lowest BCUT2D eigenvalue weighted by atomic mass is 10.1. The first kappa shape index (κ1) is 13.4. The molecule has 0 amide bonds. The summed E-state index contributed by atoms with van der Waals surface area (Å²) in [5.74, 6) is 0.533. The summed E-state index contributed by atoms with van der Waals surface area (Å²) in [4.78, 5) is 2.17. The molecular weight excluding hydrogens is 248 g/mol. The highest BCUT2D eigenvalue weighted by Crippen LogP contribution is 2.22. The SMILES string of the molecule is CCNCc1ccccc1N1CCS(=O)(=O)CC1.